The molecule has 0 unspecified atom stereocenters. The summed E-state index contributed by atoms with van der Waals surface area (Å²) in [6.45, 7) is 1.61. The second-order valence-electron chi connectivity index (χ2n) is 4.37. The van der Waals surface area contributed by atoms with E-state index in [4.69, 9.17) is 4.74 Å². The number of nitrogens with zero attached hydrogens (tertiary/aromatic N) is 1. The number of aliphatic hydroxyl groups is 1. The number of rotatable bonds is 3. The minimum absolute atomic E-state index is 0.0146. The molecule has 6 heteroatoms. The number of aromatic hydroxyl groups is 1. The van der Waals surface area contributed by atoms with Gasteiger partial charge in [0, 0.05) is 0 Å². The first-order valence-electron chi connectivity index (χ1n) is 6.14. The topological polar surface area (TPSA) is 88.4 Å². The fourth-order valence-corrected chi connectivity index (χ4v) is 1.98. The molecule has 0 saturated carbocycles. The van der Waals surface area contributed by atoms with Crippen molar-refractivity contribution in [2.45, 2.75) is 6.92 Å². The number of phenolic OH excluding ortho intramolecular Hbond substituents is 1. The molecule has 0 fully saturated rings. The smallest absolute Gasteiger partial charge is 0.343 e. The van der Waals surface area contributed by atoms with Crippen molar-refractivity contribution in [2.24, 2.45) is 4.99 Å². The van der Waals surface area contributed by atoms with Gasteiger partial charge in [-0.05, 0) is 30.7 Å². The predicted molar refractivity (Wildman–Crippen MR) is 77.4 cm³/mol. The second-order valence-corrected chi connectivity index (χ2v) is 4.37. The SMILES string of the molecule is COC(=O)C1=C(O)C(=Cc2ccc(O)c(OC)c2)N=C1C. The van der Waals surface area contributed by atoms with Crippen LogP contribution in [-0.2, 0) is 9.53 Å². The molecule has 0 bridgehead atoms. The third-order valence-electron chi connectivity index (χ3n) is 3.03. The lowest BCUT2D eigenvalue weighted by Crippen LogP contribution is -2.11. The van der Waals surface area contributed by atoms with Gasteiger partial charge >= 0.3 is 5.97 Å². The second kappa shape index (κ2) is 5.70. The number of ether oxygens (including phenoxy) is 2. The number of esters is 1. The molecular formula is C15H15NO5. The molecule has 2 rings (SSSR count). The number of methoxy groups -OCH3 is 2. The number of aliphatic hydroxyl groups excluding tert-OH is 1. The molecule has 110 valence electrons. The molecular weight excluding hydrogens is 274 g/mol. The molecule has 21 heavy (non-hydrogen) atoms. The molecule has 0 spiro atoms. The average molecular weight is 289 g/mol. The van der Waals surface area contributed by atoms with Crippen LogP contribution in [0.4, 0.5) is 0 Å². The summed E-state index contributed by atoms with van der Waals surface area (Å²) in [4.78, 5) is 15.7. The number of carbonyl (C=O) groups is 1. The summed E-state index contributed by atoms with van der Waals surface area (Å²) in [5, 5.41) is 19.6. The van der Waals surface area contributed by atoms with Gasteiger partial charge in [-0.25, -0.2) is 9.79 Å². The monoisotopic (exact) mass is 289 g/mol. The largest absolute Gasteiger partial charge is 0.505 e. The number of aliphatic imine (C=N–C) groups is 1. The van der Waals surface area contributed by atoms with E-state index in [2.05, 4.69) is 9.73 Å². The number of hydrogen-bond acceptors (Lipinski definition) is 6. The Kier molecular flexibility index (Phi) is 3.98. The Labute approximate surface area is 121 Å². The lowest BCUT2D eigenvalue weighted by molar-refractivity contribution is -0.135. The van der Waals surface area contributed by atoms with Crippen LogP contribution < -0.4 is 4.74 Å². The molecule has 0 aromatic heterocycles. The highest BCUT2D eigenvalue weighted by atomic mass is 16.5. The number of carbonyl (C=O) groups excluding carboxylic acids is 1. The Morgan fingerprint density at radius 3 is 2.62 bits per heavy atom. The van der Waals surface area contributed by atoms with Crippen LogP contribution in [-0.4, -0.2) is 36.1 Å². The van der Waals surface area contributed by atoms with Crippen LogP contribution >= 0.6 is 0 Å². The van der Waals surface area contributed by atoms with E-state index in [0.717, 1.165) is 0 Å². The first-order chi connectivity index (χ1) is 9.97. The maximum absolute atomic E-state index is 11.6. The summed E-state index contributed by atoms with van der Waals surface area (Å²) in [5.41, 5.74) is 1.35. The molecule has 1 aromatic carbocycles. The first-order valence-corrected chi connectivity index (χ1v) is 6.14. The number of phenols is 1. The van der Waals surface area contributed by atoms with E-state index in [9.17, 15) is 15.0 Å². The molecule has 0 aliphatic carbocycles. The molecule has 1 aromatic rings. The van der Waals surface area contributed by atoms with Crippen molar-refractivity contribution in [3.05, 3.63) is 40.8 Å². The Balaban J connectivity index is 2.44. The van der Waals surface area contributed by atoms with Gasteiger partial charge in [-0.1, -0.05) is 6.07 Å². The van der Waals surface area contributed by atoms with Crippen molar-refractivity contribution in [1.82, 2.24) is 0 Å². The zero-order chi connectivity index (χ0) is 15.6. The average Bonchev–Trinajstić information content (AvgIpc) is 2.74. The van der Waals surface area contributed by atoms with E-state index in [1.807, 2.05) is 0 Å². The molecule has 6 nitrogen and oxygen atoms in total. The highest BCUT2D eigenvalue weighted by Crippen LogP contribution is 2.30. The van der Waals surface area contributed by atoms with Crippen LogP contribution in [0.15, 0.2) is 40.2 Å². The summed E-state index contributed by atoms with van der Waals surface area (Å²) in [6.07, 6.45) is 1.58. The molecule has 1 aliphatic heterocycles. The lowest BCUT2D eigenvalue weighted by Gasteiger charge is -2.04. The number of hydrogen-bond donors (Lipinski definition) is 2. The van der Waals surface area contributed by atoms with Gasteiger partial charge in [0.25, 0.3) is 0 Å². The molecule has 0 radical (unpaired) electrons. The lowest BCUT2D eigenvalue weighted by atomic mass is 10.1. The van der Waals surface area contributed by atoms with Crippen molar-refractivity contribution in [3.63, 3.8) is 0 Å². The predicted octanol–water partition coefficient (Wildman–Crippen LogP) is 2.20. The van der Waals surface area contributed by atoms with Crippen molar-refractivity contribution in [2.75, 3.05) is 14.2 Å². The van der Waals surface area contributed by atoms with E-state index < -0.39 is 5.97 Å². The van der Waals surface area contributed by atoms with Crippen LogP contribution in [0, 0.1) is 0 Å². The van der Waals surface area contributed by atoms with Gasteiger partial charge in [-0.15, -0.1) is 0 Å². The normalized spacial score (nSPS) is 16.1. The van der Waals surface area contributed by atoms with E-state index in [-0.39, 0.29) is 22.8 Å². The highest BCUT2D eigenvalue weighted by molar-refractivity contribution is 6.21. The zero-order valence-corrected chi connectivity index (χ0v) is 11.9. The van der Waals surface area contributed by atoms with Gasteiger partial charge in [0.05, 0.1) is 19.9 Å². The van der Waals surface area contributed by atoms with Gasteiger partial charge in [0.1, 0.15) is 11.3 Å². The maximum atomic E-state index is 11.6. The van der Waals surface area contributed by atoms with Crippen molar-refractivity contribution in [3.8, 4) is 11.5 Å². The Bertz CT molecular complexity index is 685. The fourth-order valence-electron chi connectivity index (χ4n) is 1.98. The summed E-state index contributed by atoms with van der Waals surface area (Å²) in [5.74, 6) is -0.549. The van der Waals surface area contributed by atoms with Crippen molar-refractivity contribution in [1.29, 1.82) is 0 Å². The van der Waals surface area contributed by atoms with E-state index in [1.165, 1.54) is 20.3 Å². The van der Waals surface area contributed by atoms with Gasteiger partial charge in [-0.2, -0.15) is 0 Å². The van der Waals surface area contributed by atoms with E-state index >= 15 is 0 Å². The summed E-state index contributed by atoms with van der Waals surface area (Å²) >= 11 is 0. The van der Waals surface area contributed by atoms with Gasteiger partial charge < -0.3 is 19.7 Å². The van der Waals surface area contributed by atoms with Crippen molar-refractivity contribution < 1.29 is 24.5 Å². The molecule has 0 amide bonds. The number of benzene rings is 1. The zero-order valence-electron chi connectivity index (χ0n) is 11.9. The minimum Gasteiger partial charge on any atom is -0.505 e. The minimum atomic E-state index is -0.638. The fraction of sp³-hybridized carbons (Fsp3) is 0.200. The van der Waals surface area contributed by atoms with Crippen LogP contribution in [0.5, 0.6) is 11.5 Å². The molecule has 1 heterocycles. The van der Waals surface area contributed by atoms with Gasteiger partial charge in [-0.3, -0.25) is 0 Å². The van der Waals surface area contributed by atoms with Crippen molar-refractivity contribution >= 4 is 17.8 Å². The third kappa shape index (κ3) is 2.74. The van der Waals surface area contributed by atoms with E-state index in [1.54, 1.807) is 25.1 Å². The summed E-state index contributed by atoms with van der Waals surface area (Å²) in [7, 11) is 2.68. The van der Waals surface area contributed by atoms with Crippen LogP contribution in [0.25, 0.3) is 6.08 Å². The van der Waals surface area contributed by atoms with Gasteiger partial charge in [0.15, 0.2) is 17.3 Å². The van der Waals surface area contributed by atoms with Crippen LogP contribution in [0.2, 0.25) is 0 Å². The molecule has 0 atom stereocenters. The van der Waals surface area contributed by atoms with E-state index in [0.29, 0.717) is 17.0 Å². The third-order valence-corrected chi connectivity index (χ3v) is 3.03. The summed E-state index contributed by atoms with van der Waals surface area (Å²) < 4.78 is 9.62. The molecule has 1 aliphatic rings. The van der Waals surface area contributed by atoms with Crippen LogP contribution in [0.1, 0.15) is 12.5 Å². The first kappa shape index (κ1) is 14.6. The molecule has 2 N–H and O–H groups in total. The Hall–Kier alpha value is -2.76. The Morgan fingerprint density at radius 2 is 2.00 bits per heavy atom. The maximum Gasteiger partial charge on any atom is 0.343 e. The van der Waals surface area contributed by atoms with Crippen LogP contribution in [0.3, 0.4) is 0 Å². The quantitative estimate of drug-likeness (QED) is 0.833. The summed E-state index contributed by atoms with van der Waals surface area (Å²) in [6, 6.07) is 4.70. The standard InChI is InChI=1S/C15H15NO5/c1-8-13(15(19)21-3)14(18)10(16-8)6-9-4-5-11(17)12(7-9)20-2/h4-7,17-18H,1-3H3. The van der Waals surface area contributed by atoms with Gasteiger partial charge in [0.2, 0.25) is 0 Å². The highest BCUT2D eigenvalue weighted by Gasteiger charge is 2.27. The molecule has 0 saturated heterocycles. The Morgan fingerprint density at radius 1 is 1.29 bits per heavy atom.